The molecule has 0 spiro atoms. The summed E-state index contributed by atoms with van der Waals surface area (Å²) in [6.07, 6.45) is 8.90. The standard InChI is InChI=1S/C14H32NO3Si/c1-5-6-7-8-11-15(12-9-10-13-15)14-19(16-2,17-3)18-4/h5-14H2,1-4H3/q+1. The van der Waals surface area contributed by atoms with Gasteiger partial charge in [-0.15, -0.1) is 0 Å². The summed E-state index contributed by atoms with van der Waals surface area (Å²) in [4.78, 5) is 0. The number of unbranched alkanes of at least 4 members (excludes halogenated alkanes) is 3. The molecule has 1 saturated heterocycles. The van der Waals surface area contributed by atoms with Gasteiger partial charge < -0.3 is 17.8 Å². The van der Waals surface area contributed by atoms with Crippen LogP contribution in [0.3, 0.4) is 0 Å². The van der Waals surface area contributed by atoms with Crippen LogP contribution in [-0.4, -0.2) is 60.4 Å². The molecule has 0 bridgehead atoms. The van der Waals surface area contributed by atoms with Gasteiger partial charge in [0, 0.05) is 34.2 Å². The summed E-state index contributed by atoms with van der Waals surface area (Å²) in [5, 5.41) is 0. The van der Waals surface area contributed by atoms with Crippen molar-refractivity contribution in [2.75, 3.05) is 47.1 Å². The first-order valence-electron chi connectivity index (χ1n) is 7.66. The van der Waals surface area contributed by atoms with Crippen LogP contribution in [0.4, 0.5) is 0 Å². The average Bonchev–Trinajstić information content (AvgIpc) is 2.90. The van der Waals surface area contributed by atoms with Gasteiger partial charge in [0.2, 0.25) is 0 Å². The molecule has 1 heterocycles. The van der Waals surface area contributed by atoms with Crippen molar-refractivity contribution in [1.82, 2.24) is 0 Å². The maximum Gasteiger partial charge on any atom is 0.558 e. The van der Waals surface area contributed by atoms with Gasteiger partial charge in [-0.05, 0) is 12.8 Å². The predicted molar refractivity (Wildman–Crippen MR) is 79.9 cm³/mol. The summed E-state index contributed by atoms with van der Waals surface area (Å²) in [5.41, 5.74) is 0. The smallest absolute Gasteiger partial charge is 0.374 e. The number of hydrogen-bond donors (Lipinski definition) is 0. The van der Waals surface area contributed by atoms with Gasteiger partial charge in [0.25, 0.3) is 0 Å². The lowest BCUT2D eigenvalue weighted by molar-refractivity contribution is -0.909. The van der Waals surface area contributed by atoms with Crippen LogP contribution < -0.4 is 0 Å². The molecule has 0 unspecified atom stereocenters. The molecule has 0 radical (unpaired) electrons. The monoisotopic (exact) mass is 290 g/mol. The van der Waals surface area contributed by atoms with Gasteiger partial charge in [-0.25, -0.2) is 0 Å². The molecule has 1 rings (SSSR count). The molecule has 0 aromatic heterocycles. The second-order valence-electron chi connectivity index (χ2n) is 5.73. The topological polar surface area (TPSA) is 27.7 Å². The van der Waals surface area contributed by atoms with Crippen molar-refractivity contribution < 1.29 is 17.8 Å². The van der Waals surface area contributed by atoms with Crippen molar-refractivity contribution in [2.45, 2.75) is 45.4 Å². The van der Waals surface area contributed by atoms with E-state index in [4.69, 9.17) is 13.3 Å². The fourth-order valence-corrected chi connectivity index (χ4v) is 5.38. The molecular weight excluding hydrogens is 258 g/mol. The second kappa shape index (κ2) is 8.37. The Morgan fingerprint density at radius 1 is 0.895 bits per heavy atom. The fourth-order valence-electron chi connectivity index (χ4n) is 3.20. The molecule has 4 nitrogen and oxygen atoms in total. The Morgan fingerprint density at radius 3 is 1.95 bits per heavy atom. The highest BCUT2D eigenvalue weighted by atomic mass is 28.4. The van der Waals surface area contributed by atoms with Crippen molar-refractivity contribution in [3.63, 3.8) is 0 Å². The third kappa shape index (κ3) is 4.83. The molecule has 19 heavy (non-hydrogen) atoms. The quantitative estimate of drug-likeness (QED) is 0.352. The Labute approximate surface area is 120 Å². The van der Waals surface area contributed by atoms with E-state index < -0.39 is 8.80 Å². The maximum atomic E-state index is 5.63. The van der Waals surface area contributed by atoms with Crippen LogP contribution in [0.2, 0.25) is 0 Å². The van der Waals surface area contributed by atoms with E-state index in [1.54, 1.807) is 21.3 Å². The molecule has 0 aromatic rings. The lowest BCUT2D eigenvalue weighted by Gasteiger charge is -2.39. The molecule has 0 aliphatic carbocycles. The summed E-state index contributed by atoms with van der Waals surface area (Å²) in [6.45, 7) is 6.04. The SMILES string of the molecule is CCCCCC[N+]1(C[Si](OC)(OC)OC)CCCC1. The van der Waals surface area contributed by atoms with Gasteiger partial charge in [0.1, 0.15) is 6.17 Å². The van der Waals surface area contributed by atoms with E-state index in [1.807, 2.05) is 0 Å². The van der Waals surface area contributed by atoms with E-state index >= 15 is 0 Å². The van der Waals surface area contributed by atoms with Gasteiger partial charge in [-0.1, -0.05) is 19.8 Å². The molecular formula is C14H32NO3Si+. The van der Waals surface area contributed by atoms with Crippen LogP contribution in [0.25, 0.3) is 0 Å². The van der Waals surface area contributed by atoms with Gasteiger partial charge in [-0.3, -0.25) is 0 Å². The van der Waals surface area contributed by atoms with E-state index in [2.05, 4.69) is 6.92 Å². The first-order chi connectivity index (χ1) is 9.16. The average molecular weight is 291 g/mol. The van der Waals surface area contributed by atoms with E-state index in [0.29, 0.717) is 0 Å². The lowest BCUT2D eigenvalue weighted by Crippen LogP contribution is -2.61. The Kier molecular flexibility index (Phi) is 7.53. The Balaban J connectivity index is 2.59. The predicted octanol–water partition coefficient (Wildman–Crippen LogP) is 2.59. The maximum absolute atomic E-state index is 5.63. The van der Waals surface area contributed by atoms with Crippen molar-refractivity contribution in [2.24, 2.45) is 0 Å². The van der Waals surface area contributed by atoms with E-state index in [9.17, 15) is 0 Å². The zero-order valence-electron chi connectivity index (χ0n) is 13.2. The Morgan fingerprint density at radius 2 is 1.47 bits per heavy atom. The van der Waals surface area contributed by atoms with Crippen LogP contribution >= 0.6 is 0 Å². The second-order valence-corrected chi connectivity index (χ2v) is 8.64. The first kappa shape index (κ1) is 17.1. The highest BCUT2D eigenvalue weighted by Crippen LogP contribution is 2.25. The highest BCUT2D eigenvalue weighted by molar-refractivity contribution is 6.60. The number of hydrogen-bond acceptors (Lipinski definition) is 3. The van der Waals surface area contributed by atoms with Crippen LogP contribution in [-0.2, 0) is 13.3 Å². The van der Waals surface area contributed by atoms with Crippen LogP contribution in [0.15, 0.2) is 0 Å². The molecule has 0 N–H and O–H groups in total. The minimum Gasteiger partial charge on any atom is -0.374 e. The Bertz CT molecular complexity index is 233. The number of likely N-dealkylation sites (tertiary alicyclic amines) is 1. The van der Waals surface area contributed by atoms with Crippen molar-refractivity contribution in [1.29, 1.82) is 0 Å². The van der Waals surface area contributed by atoms with E-state index in [0.717, 1.165) is 10.7 Å². The van der Waals surface area contributed by atoms with Crippen molar-refractivity contribution in [3.05, 3.63) is 0 Å². The molecule has 1 fully saturated rings. The normalized spacial score (nSPS) is 18.9. The molecule has 0 saturated carbocycles. The lowest BCUT2D eigenvalue weighted by atomic mass is 10.2. The van der Waals surface area contributed by atoms with Crippen LogP contribution in [0.1, 0.15) is 45.4 Å². The molecule has 0 amide bonds. The van der Waals surface area contributed by atoms with Gasteiger partial charge in [0.15, 0.2) is 0 Å². The molecule has 1 aliphatic heterocycles. The Hall–Kier alpha value is 0.0569. The molecule has 0 atom stereocenters. The summed E-state index contributed by atoms with van der Waals surface area (Å²) >= 11 is 0. The number of quaternary nitrogens is 1. The summed E-state index contributed by atoms with van der Waals surface area (Å²) in [5.74, 6) is 0. The zero-order valence-corrected chi connectivity index (χ0v) is 14.2. The third-order valence-electron chi connectivity index (χ3n) is 4.46. The third-order valence-corrected chi connectivity index (χ3v) is 7.39. The largest absolute Gasteiger partial charge is 0.558 e. The van der Waals surface area contributed by atoms with Crippen LogP contribution in [0, 0.1) is 0 Å². The minimum atomic E-state index is -2.45. The molecule has 5 heteroatoms. The molecule has 114 valence electrons. The zero-order chi connectivity index (χ0) is 14.2. The van der Waals surface area contributed by atoms with Gasteiger partial charge in [0.05, 0.1) is 19.6 Å². The fraction of sp³-hybridized carbons (Fsp3) is 1.00. The number of nitrogens with zero attached hydrogens (tertiary/aromatic N) is 1. The van der Waals surface area contributed by atoms with Crippen molar-refractivity contribution in [3.8, 4) is 0 Å². The summed E-state index contributed by atoms with van der Waals surface area (Å²) in [6, 6.07) is 0. The number of rotatable bonds is 10. The van der Waals surface area contributed by atoms with Crippen molar-refractivity contribution >= 4 is 8.80 Å². The minimum absolute atomic E-state index is 0.933. The molecule has 1 aliphatic rings. The van der Waals surface area contributed by atoms with Gasteiger partial charge >= 0.3 is 8.80 Å². The summed E-state index contributed by atoms with van der Waals surface area (Å²) in [7, 11) is 2.72. The highest BCUT2D eigenvalue weighted by Gasteiger charge is 2.49. The first-order valence-corrected chi connectivity index (χ1v) is 9.59. The van der Waals surface area contributed by atoms with Crippen LogP contribution in [0.5, 0.6) is 0 Å². The van der Waals surface area contributed by atoms with Gasteiger partial charge in [-0.2, -0.15) is 0 Å². The van der Waals surface area contributed by atoms with E-state index in [1.165, 1.54) is 58.2 Å². The van der Waals surface area contributed by atoms with E-state index in [-0.39, 0.29) is 0 Å². The molecule has 0 aromatic carbocycles. The summed E-state index contributed by atoms with van der Waals surface area (Å²) < 4.78 is 18.0.